The Morgan fingerprint density at radius 2 is 1.85 bits per heavy atom. The largest absolute Gasteiger partial charge is 0.459 e. The summed E-state index contributed by atoms with van der Waals surface area (Å²) in [5, 5.41) is 20.0. The Hall–Kier alpha value is -2.67. The van der Waals surface area contributed by atoms with Crippen LogP contribution in [0.25, 0.3) is 11.0 Å². The molecule has 2 aromatic carbocycles. The lowest BCUT2D eigenvalue weighted by Gasteiger charge is -2.13. The van der Waals surface area contributed by atoms with Gasteiger partial charge in [0.1, 0.15) is 18.0 Å². The number of benzene rings is 2. The third-order valence-electron chi connectivity index (χ3n) is 4.96. The molecule has 0 unspecified atom stereocenters. The zero-order valence-electron chi connectivity index (χ0n) is 17.2. The van der Waals surface area contributed by atoms with Crippen LogP contribution >= 0.6 is 34.2 Å². The van der Waals surface area contributed by atoms with Crippen molar-refractivity contribution in [3.05, 3.63) is 91.5 Å². The van der Waals surface area contributed by atoms with Crippen molar-refractivity contribution in [3.8, 4) is 0 Å². The standard InChI is InChI=1S/C22H20ClIN4O5/c23-15-3-1-13(2-4-15)9-27-20(26-21(31)28(22(27)32)10-16(24)11-29)25-17-5-6-19-14(7-17)8-18(12-30)33-19/h1-8,16,29-30H,9-12H2,(H,25,26,31)/t16-/m0/s1. The van der Waals surface area contributed by atoms with E-state index in [2.05, 4.69) is 9.98 Å². The maximum absolute atomic E-state index is 13.3. The lowest BCUT2D eigenvalue weighted by atomic mass is 10.2. The minimum atomic E-state index is -0.617. The van der Waals surface area contributed by atoms with Gasteiger partial charge in [-0.15, -0.1) is 0 Å². The quantitative estimate of drug-likeness (QED) is 0.228. The molecular weight excluding hydrogens is 563 g/mol. The number of fused-ring (bicyclic) bond motifs is 1. The molecule has 4 aromatic rings. The van der Waals surface area contributed by atoms with Gasteiger partial charge in [0, 0.05) is 17.0 Å². The highest BCUT2D eigenvalue weighted by Crippen LogP contribution is 2.24. The van der Waals surface area contributed by atoms with Crippen molar-refractivity contribution in [2.45, 2.75) is 23.6 Å². The van der Waals surface area contributed by atoms with E-state index in [1.807, 2.05) is 22.6 Å². The number of hydrogen-bond acceptors (Lipinski definition) is 6. The van der Waals surface area contributed by atoms with Crippen LogP contribution in [0.5, 0.6) is 0 Å². The van der Waals surface area contributed by atoms with E-state index in [1.54, 1.807) is 48.5 Å². The van der Waals surface area contributed by atoms with Gasteiger partial charge < -0.3 is 14.6 Å². The minimum Gasteiger partial charge on any atom is -0.459 e. The molecule has 9 nitrogen and oxygen atoms in total. The summed E-state index contributed by atoms with van der Waals surface area (Å²) in [5.74, 6) is 0.424. The molecule has 4 rings (SSSR count). The molecule has 33 heavy (non-hydrogen) atoms. The summed E-state index contributed by atoms with van der Waals surface area (Å²) in [5.41, 5.74) is 0.793. The molecule has 0 spiro atoms. The Morgan fingerprint density at radius 3 is 2.55 bits per heavy atom. The normalized spacial score (nSPS) is 13.0. The number of nitrogens with zero attached hydrogens (tertiary/aromatic N) is 3. The minimum absolute atomic E-state index is 0.0526. The Balaban J connectivity index is 1.87. The van der Waals surface area contributed by atoms with Gasteiger partial charge in [0.2, 0.25) is 5.62 Å². The summed E-state index contributed by atoms with van der Waals surface area (Å²) < 4.78 is 7.60. The zero-order valence-corrected chi connectivity index (χ0v) is 20.2. The second-order valence-electron chi connectivity index (χ2n) is 7.34. The molecule has 1 atom stereocenters. The molecule has 0 aliphatic rings. The number of rotatable bonds is 7. The van der Waals surface area contributed by atoms with Crippen LogP contribution in [0, 0.1) is 0 Å². The van der Waals surface area contributed by atoms with E-state index in [9.17, 15) is 19.8 Å². The second kappa shape index (κ2) is 10.1. The third kappa shape index (κ3) is 5.29. The van der Waals surface area contributed by atoms with E-state index in [0.29, 0.717) is 22.1 Å². The van der Waals surface area contributed by atoms with Crippen molar-refractivity contribution in [2.24, 2.45) is 4.99 Å². The van der Waals surface area contributed by atoms with Gasteiger partial charge in [-0.1, -0.05) is 46.3 Å². The first kappa shape index (κ1) is 23.5. The second-order valence-corrected chi connectivity index (χ2v) is 9.54. The Kier molecular flexibility index (Phi) is 7.17. The summed E-state index contributed by atoms with van der Waals surface area (Å²) in [6.07, 6.45) is 0. The van der Waals surface area contributed by atoms with E-state index in [4.69, 9.17) is 16.0 Å². The number of aromatic amines is 1. The van der Waals surface area contributed by atoms with Gasteiger partial charge in [0.15, 0.2) is 0 Å². The fourth-order valence-corrected chi connectivity index (χ4v) is 3.85. The average molecular weight is 583 g/mol. The molecule has 0 bridgehead atoms. The van der Waals surface area contributed by atoms with Crippen molar-refractivity contribution in [3.63, 3.8) is 0 Å². The first-order valence-electron chi connectivity index (χ1n) is 9.99. The zero-order chi connectivity index (χ0) is 23.5. The van der Waals surface area contributed by atoms with E-state index in [1.165, 1.54) is 4.57 Å². The van der Waals surface area contributed by atoms with Crippen molar-refractivity contribution in [2.75, 3.05) is 6.61 Å². The van der Waals surface area contributed by atoms with Crippen LogP contribution in [0.2, 0.25) is 5.02 Å². The van der Waals surface area contributed by atoms with Gasteiger partial charge in [-0.05, 0) is 42.0 Å². The lowest BCUT2D eigenvalue weighted by Crippen LogP contribution is -2.51. The number of aliphatic hydroxyl groups excluding tert-OH is 2. The van der Waals surface area contributed by atoms with E-state index in [0.717, 1.165) is 15.5 Å². The van der Waals surface area contributed by atoms with Crippen LogP contribution < -0.4 is 17.0 Å². The molecule has 0 amide bonds. The number of aromatic nitrogens is 3. The summed E-state index contributed by atoms with van der Waals surface area (Å²) >= 11 is 7.96. The Bertz CT molecular complexity index is 1470. The van der Waals surface area contributed by atoms with Crippen LogP contribution in [-0.2, 0) is 19.7 Å². The maximum Gasteiger partial charge on any atom is 0.335 e. The number of aliphatic hydroxyl groups is 2. The molecule has 11 heteroatoms. The number of alkyl halides is 1. The number of H-pyrrole nitrogens is 1. The van der Waals surface area contributed by atoms with Gasteiger partial charge in [0.05, 0.1) is 22.8 Å². The summed E-state index contributed by atoms with van der Waals surface area (Å²) in [6, 6.07) is 13.8. The van der Waals surface area contributed by atoms with Crippen molar-refractivity contribution in [1.29, 1.82) is 0 Å². The van der Waals surface area contributed by atoms with Gasteiger partial charge in [-0.25, -0.2) is 19.1 Å². The Morgan fingerprint density at radius 1 is 1.09 bits per heavy atom. The van der Waals surface area contributed by atoms with Crippen LogP contribution in [0.15, 0.2) is 67.5 Å². The molecular formula is C22H20ClIN4O5. The number of hydrogen-bond donors (Lipinski definition) is 3. The van der Waals surface area contributed by atoms with Crippen LogP contribution in [0.3, 0.4) is 0 Å². The third-order valence-corrected chi connectivity index (χ3v) is 6.00. The van der Waals surface area contributed by atoms with E-state index < -0.39 is 11.4 Å². The highest BCUT2D eigenvalue weighted by atomic mass is 127. The monoisotopic (exact) mass is 582 g/mol. The van der Waals surface area contributed by atoms with Gasteiger partial charge in [0.25, 0.3) is 0 Å². The van der Waals surface area contributed by atoms with E-state index in [-0.39, 0.29) is 35.8 Å². The SMILES string of the molecule is O=c1[nH]/c(=N\c2ccc3oc(CO)cc3c2)n(Cc2ccc(Cl)cc2)c(=O)n1C[C@H](I)CO. The first-order chi connectivity index (χ1) is 15.9. The molecule has 0 aliphatic carbocycles. The highest BCUT2D eigenvalue weighted by Gasteiger charge is 2.13. The number of furan rings is 1. The van der Waals surface area contributed by atoms with Crippen LogP contribution in [0.4, 0.5) is 5.69 Å². The first-order valence-corrected chi connectivity index (χ1v) is 11.6. The van der Waals surface area contributed by atoms with Crippen LogP contribution in [-0.4, -0.2) is 34.9 Å². The molecule has 0 radical (unpaired) electrons. The van der Waals surface area contributed by atoms with Crippen LogP contribution in [0.1, 0.15) is 11.3 Å². The van der Waals surface area contributed by atoms with Crippen molar-refractivity contribution < 1.29 is 14.6 Å². The fourth-order valence-electron chi connectivity index (χ4n) is 3.33. The fraction of sp³-hybridized carbons (Fsp3) is 0.227. The molecule has 0 fully saturated rings. The topological polar surface area (TPSA) is 126 Å². The molecule has 0 saturated heterocycles. The number of halogens is 2. The highest BCUT2D eigenvalue weighted by molar-refractivity contribution is 14.1. The van der Waals surface area contributed by atoms with Gasteiger partial charge >= 0.3 is 11.4 Å². The predicted molar refractivity (Wildman–Crippen MR) is 132 cm³/mol. The van der Waals surface area contributed by atoms with Crippen molar-refractivity contribution in [1.82, 2.24) is 14.1 Å². The summed E-state index contributed by atoms with van der Waals surface area (Å²) in [7, 11) is 0. The molecule has 0 saturated carbocycles. The van der Waals surface area contributed by atoms with E-state index >= 15 is 0 Å². The smallest absolute Gasteiger partial charge is 0.335 e. The lowest BCUT2D eigenvalue weighted by molar-refractivity contribution is 0.251. The van der Waals surface area contributed by atoms with Crippen molar-refractivity contribution >= 4 is 50.8 Å². The maximum atomic E-state index is 13.3. The van der Waals surface area contributed by atoms with Gasteiger partial charge in [-0.3, -0.25) is 9.55 Å². The van der Waals surface area contributed by atoms with Gasteiger partial charge in [-0.2, -0.15) is 0 Å². The summed E-state index contributed by atoms with van der Waals surface area (Å²) in [6.45, 7) is -0.188. The molecule has 3 N–H and O–H groups in total. The molecule has 2 heterocycles. The Labute approximate surface area is 205 Å². The molecule has 0 aliphatic heterocycles. The molecule has 2 aromatic heterocycles. The molecule has 172 valence electrons. The average Bonchev–Trinajstić information content (AvgIpc) is 3.23. The number of nitrogens with one attached hydrogen (secondary N) is 1. The summed E-state index contributed by atoms with van der Waals surface area (Å²) in [4.78, 5) is 33.2. The predicted octanol–water partition coefficient (Wildman–Crippen LogP) is 2.31.